The minimum Gasteiger partial charge on any atom is -0.487 e. The highest BCUT2D eigenvalue weighted by molar-refractivity contribution is 5.39. The number of aliphatic hydroxyl groups excluding tert-OH is 1. The fourth-order valence-corrected chi connectivity index (χ4v) is 5.10. The van der Waals surface area contributed by atoms with Gasteiger partial charge in [-0.25, -0.2) is 0 Å². The quantitative estimate of drug-likeness (QED) is 0.263. The van der Waals surface area contributed by atoms with Gasteiger partial charge in [0.05, 0.1) is 12.6 Å². The Bertz CT molecular complexity index is 1250. The van der Waals surface area contributed by atoms with Crippen molar-refractivity contribution in [1.29, 1.82) is 0 Å². The minimum absolute atomic E-state index is 0.178. The second-order valence-electron chi connectivity index (χ2n) is 9.98. The molecule has 3 aromatic carbocycles. The standard InChI is InChI=1S/C32H37N3O5/c1-37-22-27-20-29(40-33-27)24-39-31-15-9-8-14-30(31)38-23-28(36)21-34-16-18-35(19-17-34)32(25-10-4-2-5-11-25)26-12-6-3-7-13-26/h2-15,20,28,32,36H,16-19,21-24H2,1H3. The van der Waals surface area contributed by atoms with E-state index in [1.807, 2.05) is 24.3 Å². The van der Waals surface area contributed by atoms with Crippen LogP contribution in [0.4, 0.5) is 0 Å². The average molecular weight is 544 g/mol. The molecule has 1 N–H and O–H groups in total. The molecule has 8 heteroatoms. The van der Waals surface area contributed by atoms with Gasteiger partial charge >= 0.3 is 0 Å². The SMILES string of the molecule is COCc1cc(COc2ccccc2OCC(O)CN2CCN(C(c3ccccc3)c3ccccc3)CC2)on1. The Morgan fingerprint density at radius 1 is 0.800 bits per heavy atom. The summed E-state index contributed by atoms with van der Waals surface area (Å²) in [5.41, 5.74) is 3.32. The summed E-state index contributed by atoms with van der Waals surface area (Å²) in [5, 5.41) is 14.7. The molecule has 0 aliphatic carbocycles. The van der Waals surface area contributed by atoms with Gasteiger partial charge in [-0.3, -0.25) is 9.80 Å². The number of benzene rings is 3. The smallest absolute Gasteiger partial charge is 0.174 e. The zero-order valence-electron chi connectivity index (χ0n) is 22.9. The van der Waals surface area contributed by atoms with Crippen LogP contribution in [-0.4, -0.2) is 72.6 Å². The van der Waals surface area contributed by atoms with E-state index in [1.54, 1.807) is 13.2 Å². The Morgan fingerprint density at radius 3 is 2.02 bits per heavy atom. The molecule has 1 unspecified atom stereocenters. The number of hydrogen-bond acceptors (Lipinski definition) is 8. The van der Waals surface area contributed by atoms with Crippen molar-refractivity contribution >= 4 is 0 Å². The Hall–Kier alpha value is -3.69. The predicted octanol–water partition coefficient (Wildman–Crippen LogP) is 4.55. The highest BCUT2D eigenvalue weighted by Crippen LogP contribution is 2.30. The largest absolute Gasteiger partial charge is 0.487 e. The van der Waals surface area contributed by atoms with Crippen LogP contribution in [0.1, 0.15) is 28.6 Å². The lowest BCUT2D eigenvalue weighted by Gasteiger charge is -2.40. The van der Waals surface area contributed by atoms with Gasteiger partial charge in [0.15, 0.2) is 17.3 Å². The lowest BCUT2D eigenvalue weighted by atomic mass is 9.96. The summed E-state index contributed by atoms with van der Waals surface area (Å²) >= 11 is 0. The summed E-state index contributed by atoms with van der Waals surface area (Å²) < 4.78 is 22.2. The van der Waals surface area contributed by atoms with E-state index in [0.29, 0.717) is 36.1 Å². The number of aromatic nitrogens is 1. The highest BCUT2D eigenvalue weighted by Gasteiger charge is 2.27. The van der Waals surface area contributed by atoms with E-state index in [4.69, 9.17) is 18.7 Å². The van der Waals surface area contributed by atoms with Crippen LogP contribution in [0.5, 0.6) is 11.5 Å². The molecule has 1 aromatic heterocycles. The van der Waals surface area contributed by atoms with Crippen molar-refractivity contribution < 1.29 is 23.8 Å². The molecule has 0 amide bonds. The van der Waals surface area contributed by atoms with Crippen LogP contribution in [0, 0.1) is 0 Å². The van der Waals surface area contributed by atoms with Crippen molar-refractivity contribution in [3.63, 3.8) is 0 Å². The fraction of sp³-hybridized carbons (Fsp3) is 0.344. The predicted molar refractivity (Wildman–Crippen MR) is 152 cm³/mol. The summed E-state index contributed by atoms with van der Waals surface area (Å²) in [5.74, 6) is 1.76. The summed E-state index contributed by atoms with van der Waals surface area (Å²) in [4.78, 5) is 4.84. The van der Waals surface area contributed by atoms with Crippen molar-refractivity contribution in [2.75, 3.05) is 46.4 Å². The maximum absolute atomic E-state index is 10.8. The van der Waals surface area contributed by atoms with Crippen LogP contribution in [0.2, 0.25) is 0 Å². The number of rotatable bonds is 13. The van der Waals surface area contributed by atoms with Gasteiger partial charge in [-0.15, -0.1) is 0 Å². The Kier molecular flexibility index (Phi) is 9.82. The first-order valence-corrected chi connectivity index (χ1v) is 13.7. The van der Waals surface area contributed by atoms with E-state index in [9.17, 15) is 5.11 Å². The van der Waals surface area contributed by atoms with E-state index < -0.39 is 6.10 Å². The molecule has 5 rings (SSSR count). The molecular weight excluding hydrogens is 506 g/mol. The van der Waals surface area contributed by atoms with E-state index in [1.165, 1.54) is 11.1 Å². The summed E-state index contributed by atoms with van der Waals surface area (Å²) in [6, 6.07) is 30.8. The van der Waals surface area contributed by atoms with E-state index in [-0.39, 0.29) is 19.3 Å². The molecule has 8 nitrogen and oxygen atoms in total. The maximum Gasteiger partial charge on any atom is 0.174 e. The Labute approximate surface area is 235 Å². The molecule has 40 heavy (non-hydrogen) atoms. The number of para-hydroxylation sites is 2. The van der Waals surface area contributed by atoms with Crippen LogP contribution < -0.4 is 9.47 Å². The third kappa shape index (κ3) is 7.49. The summed E-state index contributed by atoms with van der Waals surface area (Å²) in [6.45, 7) is 4.95. The highest BCUT2D eigenvalue weighted by atomic mass is 16.5. The zero-order valence-corrected chi connectivity index (χ0v) is 22.9. The lowest BCUT2D eigenvalue weighted by molar-refractivity contribution is 0.0393. The van der Waals surface area contributed by atoms with Crippen LogP contribution in [0.25, 0.3) is 0 Å². The molecule has 2 heterocycles. The number of piperazine rings is 1. The molecule has 1 aliphatic rings. The molecule has 1 fully saturated rings. The molecule has 0 saturated carbocycles. The van der Waals surface area contributed by atoms with Gasteiger partial charge in [0, 0.05) is 45.9 Å². The minimum atomic E-state index is -0.621. The van der Waals surface area contributed by atoms with Gasteiger partial charge in [0.2, 0.25) is 0 Å². The molecule has 1 saturated heterocycles. The lowest BCUT2D eigenvalue weighted by Crippen LogP contribution is -2.50. The first kappa shape index (κ1) is 27.9. The number of methoxy groups -OCH3 is 1. The van der Waals surface area contributed by atoms with E-state index >= 15 is 0 Å². The van der Waals surface area contributed by atoms with Gasteiger partial charge in [-0.2, -0.15) is 0 Å². The molecule has 1 atom stereocenters. The van der Waals surface area contributed by atoms with Crippen LogP contribution in [0.15, 0.2) is 95.5 Å². The second kappa shape index (κ2) is 14.1. The fourth-order valence-electron chi connectivity index (χ4n) is 5.10. The van der Waals surface area contributed by atoms with Gasteiger partial charge < -0.3 is 23.8 Å². The molecule has 0 spiro atoms. The Balaban J connectivity index is 1.11. The monoisotopic (exact) mass is 543 g/mol. The molecular formula is C32H37N3O5. The van der Waals surface area contributed by atoms with Crippen molar-refractivity contribution in [3.8, 4) is 11.5 Å². The van der Waals surface area contributed by atoms with Crippen LogP contribution in [0.3, 0.4) is 0 Å². The zero-order chi connectivity index (χ0) is 27.6. The number of β-amino-alcohol motifs (C(OH)–C–C–N with tert-alkyl or cyclic N) is 1. The first-order valence-electron chi connectivity index (χ1n) is 13.7. The molecule has 0 radical (unpaired) electrons. The van der Waals surface area contributed by atoms with Gasteiger partial charge in [0.25, 0.3) is 0 Å². The normalized spacial score (nSPS) is 15.3. The van der Waals surface area contributed by atoms with Gasteiger partial charge in [-0.1, -0.05) is 78.0 Å². The number of aliphatic hydroxyl groups is 1. The van der Waals surface area contributed by atoms with Crippen molar-refractivity contribution in [1.82, 2.24) is 15.0 Å². The molecule has 0 bridgehead atoms. The van der Waals surface area contributed by atoms with E-state index in [2.05, 4.69) is 75.6 Å². The number of nitrogens with zero attached hydrogens (tertiary/aromatic N) is 3. The summed E-state index contributed by atoms with van der Waals surface area (Å²) in [7, 11) is 1.61. The first-order chi connectivity index (χ1) is 19.7. The van der Waals surface area contributed by atoms with Crippen molar-refractivity contribution in [2.45, 2.75) is 25.4 Å². The van der Waals surface area contributed by atoms with Gasteiger partial charge in [0.1, 0.15) is 25.0 Å². The molecule has 1 aliphatic heterocycles. The van der Waals surface area contributed by atoms with Crippen LogP contribution in [-0.2, 0) is 18.0 Å². The third-order valence-electron chi connectivity index (χ3n) is 7.02. The number of ether oxygens (including phenoxy) is 3. The summed E-state index contributed by atoms with van der Waals surface area (Å²) in [6.07, 6.45) is -0.621. The molecule has 4 aromatic rings. The molecule has 210 valence electrons. The third-order valence-corrected chi connectivity index (χ3v) is 7.02. The number of hydrogen-bond donors (Lipinski definition) is 1. The van der Waals surface area contributed by atoms with Gasteiger partial charge in [-0.05, 0) is 23.3 Å². The topological polar surface area (TPSA) is 80.4 Å². The average Bonchev–Trinajstić information content (AvgIpc) is 3.45. The van der Waals surface area contributed by atoms with E-state index in [0.717, 1.165) is 26.2 Å². The maximum atomic E-state index is 10.8. The Morgan fingerprint density at radius 2 is 1.40 bits per heavy atom. The van der Waals surface area contributed by atoms with Crippen molar-refractivity contribution in [2.24, 2.45) is 0 Å². The van der Waals surface area contributed by atoms with Crippen molar-refractivity contribution in [3.05, 3.63) is 114 Å². The second-order valence-corrected chi connectivity index (χ2v) is 9.98. The van der Waals surface area contributed by atoms with Crippen LogP contribution >= 0.6 is 0 Å².